The van der Waals surface area contributed by atoms with E-state index in [-0.39, 0.29) is 0 Å². The van der Waals surface area contributed by atoms with Crippen LogP contribution in [-0.2, 0) is 9.47 Å². The van der Waals surface area contributed by atoms with E-state index in [2.05, 4.69) is 4.74 Å². The maximum atomic E-state index is 11.3. The number of carbonyl (C=O) groups excluding carboxylic acids is 1. The normalized spacial score (nSPS) is 18.6. The van der Waals surface area contributed by atoms with Crippen molar-refractivity contribution in [3.63, 3.8) is 0 Å². The Morgan fingerprint density at radius 1 is 1.56 bits per heavy atom. The first-order valence-corrected chi connectivity index (χ1v) is 5.89. The van der Waals surface area contributed by atoms with Crippen LogP contribution >= 0.6 is 0 Å². The molecule has 0 amide bonds. The van der Waals surface area contributed by atoms with Crippen LogP contribution in [0.2, 0.25) is 0 Å². The molecule has 0 bridgehead atoms. The van der Waals surface area contributed by atoms with Crippen LogP contribution in [0.1, 0.15) is 16.8 Å². The lowest BCUT2D eigenvalue weighted by atomic mass is 10.1. The van der Waals surface area contributed by atoms with Gasteiger partial charge in [-0.1, -0.05) is 0 Å². The molecule has 2 rings (SSSR count). The molecule has 98 valence electrons. The monoisotopic (exact) mass is 251 g/mol. The fraction of sp³-hybridized carbons (Fsp3) is 0.462. The van der Waals surface area contributed by atoms with Gasteiger partial charge < -0.3 is 19.9 Å². The van der Waals surface area contributed by atoms with E-state index in [9.17, 15) is 4.79 Å². The van der Waals surface area contributed by atoms with E-state index in [1.165, 1.54) is 7.11 Å². The van der Waals surface area contributed by atoms with Crippen LogP contribution in [0.25, 0.3) is 0 Å². The zero-order valence-electron chi connectivity index (χ0n) is 10.3. The second-order valence-electron chi connectivity index (χ2n) is 4.28. The topological polar surface area (TPSA) is 70.8 Å². The quantitative estimate of drug-likeness (QED) is 0.648. The fourth-order valence-corrected chi connectivity index (χ4v) is 1.85. The van der Waals surface area contributed by atoms with E-state index < -0.39 is 5.97 Å². The third-order valence-corrected chi connectivity index (χ3v) is 2.93. The van der Waals surface area contributed by atoms with Gasteiger partial charge in [-0.15, -0.1) is 0 Å². The van der Waals surface area contributed by atoms with Gasteiger partial charge in [0.15, 0.2) is 0 Å². The highest BCUT2D eigenvalue weighted by molar-refractivity contribution is 5.90. The SMILES string of the molecule is COC(=O)c1ccc(OCC2CCOC2)c(N)c1. The van der Waals surface area contributed by atoms with Crippen molar-refractivity contribution in [3.8, 4) is 5.75 Å². The first-order valence-electron chi connectivity index (χ1n) is 5.89. The zero-order chi connectivity index (χ0) is 13.0. The van der Waals surface area contributed by atoms with Crippen molar-refractivity contribution in [1.29, 1.82) is 0 Å². The number of rotatable bonds is 4. The minimum Gasteiger partial charge on any atom is -0.491 e. The number of nitrogen functional groups attached to an aromatic ring is 1. The summed E-state index contributed by atoms with van der Waals surface area (Å²) < 4.78 is 15.5. The summed E-state index contributed by atoms with van der Waals surface area (Å²) in [7, 11) is 1.34. The second-order valence-corrected chi connectivity index (χ2v) is 4.28. The molecule has 1 aliphatic rings. The fourth-order valence-electron chi connectivity index (χ4n) is 1.85. The first-order chi connectivity index (χ1) is 8.70. The predicted molar refractivity (Wildman–Crippen MR) is 66.6 cm³/mol. The van der Waals surface area contributed by atoms with Gasteiger partial charge in [0.05, 0.1) is 31.6 Å². The molecule has 0 spiro atoms. The Morgan fingerprint density at radius 2 is 2.39 bits per heavy atom. The number of esters is 1. The van der Waals surface area contributed by atoms with Crippen molar-refractivity contribution in [2.75, 3.05) is 32.7 Å². The summed E-state index contributed by atoms with van der Waals surface area (Å²) in [4.78, 5) is 11.3. The average Bonchev–Trinajstić information content (AvgIpc) is 2.89. The number of nitrogens with two attached hydrogens (primary N) is 1. The molecule has 1 atom stereocenters. The second kappa shape index (κ2) is 5.73. The molecule has 1 aliphatic heterocycles. The minimum absolute atomic E-state index is 0.405. The van der Waals surface area contributed by atoms with Gasteiger partial charge in [-0.2, -0.15) is 0 Å². The van der Waals surface area contributed by atoms with Crippen molar-refractivity contribution in [2.45, 2.75) is 6.42 Å². The molecule has 0 radical (unpaired) electrons. The molecule has 1 aromatic carbocycles. The average molecular weight is 251 g/mol. The van der Waals surface area contributed by atoms with Gasteiger partial charge in [0, 0.05) is 12.5 Å². The highest BCUT2D eigenvalue weighted by atomic mass is 16.5. The third-order valence-electron chi connectivity index (χ3n) is 2.93. The molecule has 1 fully saturated rings. The molecule has 1 heterocycles. The van der Waals surface area contributed by atoms with E-state index in [0.29, 0.717) is 29.5 Å². The summed E-state index contributed by atoms with van der Waals surface area (Å²) in [5.41, 5.74) is 6.70. The largest absolute Gasteiger partial charge is 0.491 e. The van der Waals surface area contributed by atoms with Gasteiger partial charge in [0.2, 0.25) is 0 Å². The molecule has 5 nitrogen and oxygen atoms in total. The summed E-state index contributed by atoms with van der Waals surface area (Å²) in [5, 5.41) is 0. The Morgan fingerprint density at radius 3 is 3.00 bits per heavy atom. The highest BCUT2D eigenvalue weighted by Crippen LogP contribution is 2.24. The summed E-state index contributed by atoms with van der Waals surface area (Å²) in [6.07, 6.45) is 1.01. The van der Waals surface area contributed by atoms with E-state index >= 15 is 0 Å². The van der Waals surface area contributed by atoms with Crippen molar-refractivity contribution in [1.82, 2.24) is 0 Å². The van der Waals surface area contributed by atoms with E-state index in [1.54, 1.807) is 18.2 Å². The standard InChI is InChI=1S/C13H17NO4/c1-16-13(15)10-2-3-12(11(14)6-10)18-8-9-4-5-17-7-9/h2-3,6,9H,4-5,7-8,14H2,1H3. The van der Waals surface area contributed by atoms with Gasteiger partial charge in [-0.05, 0) is 24.6 Å². The van der Waals surface area contributed by atoms with Crippen molar-refractivity contribution in [3.05, 3.63) is 23.8 Å². The molecular formula is C13H17NO4. The molecule has 1 unspecified atom stereocenters. The Kier molecular flexibility index (Phi) is 4.04. The van der Waals surface area contributed by atoms with Crippen LogP contribution in [0.5, 0.6) is 5.75 Å². The van der Waals surface area contributed by atoms with E-state index in [1.807, 2.05) is 0 Å². The number of ether oxygens (including phenoxy) is 3. The Balaban J connectivity index is 1.98. The number of methoxy groups -OCH3 is 1. The van der Waals surface area contributed by atoms with Gasteiger partial charge >= 0.3 is 5.97 Å². The van der Waals surface area contributed by atoms with Crippen LogP contribution in [0.3, 0.4) is 0 Å². The molecule has 2 N–H and O–H groups in total. The number of carbonyl (C=O) groups is 1. The molecule has 1 saturated heterocycles. The van der Waals surface area contributed by atoms with E-state index in [4.69, 9.17) is 15.2 Å². The molecule has 18 heavy (non-hydrogen) atoms. The van der Waals surface area contributed by atoms with Crippen LogP contribution in [-0.4, -0.2) is 32.9 Å². The molecule has 5 heteroatoms. The van der Waals surface area contributed by atoms with Crippen LogP contribution < -0.4 is 10.5 Å². The van der Waals surface area contributed by atoms with Crippen LogP contribution in [0, 0.1) is 5.92 Å². The molecule has 0 saturated carbocycles. The van der Waals surface area contributed by atoms with Gasteiger partial charge in [0.1, 0.15) is 5.75 Å². The Bertz CT molecular complexity index is 427. The molecule has 0 aliphatic carbocycles. The van der Waals surface area contributed by atoms with Gasteiger partial charge in [-0.3, -0.25) is 0 Å². The lowest BCUT2D eigenvalue weighted by molar-refractivity contribution is 0.0600. The summed E-state index contributed by atoms with van der Waals surface area (Å²) in [6, 6.07) is 4.90. The van der Waals surface area contributed by atoms with E-state index in [0.717, 1.165) is 19.6 Å². The van der Waals surface area contributed by atoms with Crippen molar-refractivity contribution in [2.24, 2.45) is 5.92 Å². The summed E-state index contributed by atoms with van der Waals surface area (Å²) in [6.45, 7) is 2.12. The Hall–Kier alpha value is -1.75. The number of hydrogen-bond acceptors (Lipinski definition) is 5. The smallest absolute Gasteiger partial charge is 0.337 e. The lowest BCUT2D eigenvalue weighted by Gasteiger charge is -2.12. The molecular weight excluding hydrogens is 234 g/mol. The van der Waals surface area contributed by atoms with Gasteiger partial charge in [-0.25, -0.2) is 4.79 Å². The Labute approximate surface area is 106 Å². The van der Waals surface area contributed by atoms with Crippen molar-refractivity contribution < 1.29 is 19.0 Å². The number of hydrogen-bond donors (Lipinski definition) is 1. The molecule has 1 aromatic rings. The highest BCUT2D eigenvalue weighted by Gasteiger charge is 2.17. The van der Waals surface area contributed by atoms with Crippen LogP contribution in [0.15, 0.2) is 18.2 Å². The molecule has 0 aromatic heterocycles. The van der Waals surface area contributed by atoms with Crippen molar-refractivity contribution >= 4 is 11.7 Å². The third kappa shape index (κ3) is 2.92. The van der Waals surface area contributed by atoms with Gasteiger partial charge in [0.25, 0.3) is 0 Å². The summed E-state index contributed by atoms with van der Waals surface area (Å²) in [5.74, 6) is 0.608. The predicted octanol–water partition coefficient (Wildman–Crippen LogP) is 1.47. The number of anilines is 1. The van der Waals surface area contributed by atoms with Crippen LogP contribution in [0.4, 0.5) is 5.69 Å². The maximum absolute atomic E-state index is 11.3. The first kappa shape index (κ1) is 12.7. The zero-order valence-corrected chi connectivity index (χ0v) is 10.3. The summed E-state index contributed by atoms with van der Waals surface area (Å²) >= 11 is 0. The minimum atomic E-state index is -0.405. The maximum Gasteiger partial charge on any atom is 0.337 e. The lowest BCUT2D eigenvalue weighted by Crippen LogP contribution is -2.12. The number of benzene rings is 1.